The van der Waals surface area contributed by atoms with Crippen molar-refractivity contribution in [3.63, 3.8) is 0 Å². The highest BCUT2D eigenvalue weighted by Crippen LogP contribution is 2.50. The van der Waals surface area contributed by atoms with Crippen molar-refractivity contribution in [3.05, 3.63) is 59.2 Å². The van der Waals surface area contributed by atoms with Crippen LogP contribution in [0.4, 0.5) is 13.2 Å². The van der Waals surface area contributed by atoms with Crippen molar-refractivity contribution in [2.45, 2.75) is 75.5 Å². The maximum absolute atomic E-state index is 12.9. The maximum Gasteiger partial charge on any atom is 0.416 e. The van der Waals surface area contributed by atoms with Crippen LogP contribution in [-0.2, 0) is 6.18 Å². The quantitative estimate of drug-likeness (QED) is 0.511. The number of likely N-dealkylation sites (tertiary alicyclic amines) is 1. The van der Waals surface area contributed by atoms with E-state index in [1.807, 2.05) is 0 Å². The molecule has 2 fully saturated rings. The van der Waals surface area contributed by atoms with Gasteiger partial charge in [-0.05, 0) is 85.0 Å². The molecule has 2 aliphatic carbocycles. The van der Waals surface area contributed by atoms with Gasteiger partial charge >= 0.3 is 6.18 Å². The molecular weight excluding hydrogens is 371 g/mol. The van der Waals surface area contributed by atoms with E-state index in [-0.39, 0.29) is 0 Å². The largest absolute Gasteiger partial charge is 0.416 e. The highest BCUT2D eigenvalue weighted by Gasteiger charge is 2.39. The summed E-state index contributed by atoms with van der Waals surface area (Å²) >= 11 is 0. The van der Waals surface area contributed by atoms with E-state index in [0.717, 1.165) is 11.1 Å². The molecular formula is C25H28F3N. The summed E-state index contributed by atoms with van der Waals surface area (Å²) in [5, 5.41) is 0. The number of rotatable bonds is 2. The van der Waals surface area contributed by atoms with E-state index in [0.29, 0.717) is 18.0 Å². The first-order valence-electron chi connectivity index (χ1n) is 11.1. The second-order valence-electron chi connectivity index (χ2n) is 9.04. The number of alkyl halides is 3. The molecule has 2 bridgehead atoms. The average molecular weight is 400 g/mol. The van der Waals surface area contributed by atoms with Crippen LogP contribution in [0.2, 0.25) is 0 Å². The van der Waals surface area contributed by atoms with Crippen molar-refractivity contribution < 1.29 is 13.2 Å². The van der Waals surface area contributed by atoms with Gasteiger partial charge in [-0.15, -0.1) is 0 Å². The minimum Gasteiger partial charge on any atom is -0.293 e. The summed E-state index contributed by atoms with van der Waals surface area (Å²) in [6, 6.07) is 13.4. The van der Waals surface area contributed by atoms with Crippen LogP contribution < -0.4 is 0 Å². The molecule has 2 atom stereocenters. The molecule has 1 heterocycles. The van der Waals surface area contributed by atoms with Crippen LogP contribution in [0, 0.1) is 0 Å². The van der Waals surface area contributed by atoms with Crippen molar-refractivity contribution in [1.29, 1.82) is 0 Å². The number of hydrogen-bond acceptors (Lipinski definition) is 1. The Labute approximate surface area is 170 Å². The Bertz CT molecular complexity index is 865. The molecule has 3 aliphatic rings. The van der Waals surface area contributed by atoms with Crippen LogP contribution in [0.1, 0.15) is 80.0 Å². The molecule has 0 N–H and O–H groups in total. The third-order valence-corrected chi connectivity index (χ3v) is 7.35. The van der Waals surface area contributed by atoms with Gasteiger partial charge in [0.15, 0.2) is 0 Å². The lowest BCUT2D eigenvalue weighted by molar-refractivity contribution is -0.137. The molecule has 0 amide bonds. The molecule has 154 valence electrons. The summed E-state index contributed by atoms with van der Waals surface area (Å²) in [4.78, 5) is 2.78. The lowest BCUT2D eigenvalue weighted by atomic mass is 9.90. The van der Waals surface area contributed by atoms with Gasteiger partial charge in [-0.3, -0.25) is 4.90 Å². The second-order valence-corrected chi connectivity index (χ2v) is 9.04. The Hall–Kier alpha value is -1.81. The first-order chi connectivity index (χ1) is 14.0. The fourth-order valence-electron chi connectivity index (χ4n) is 5.90. The summed E-state index contributed by atoms with van der Waals surface area (Å²) < 4.78 is 38.7. The van der Waals surface area contributed by atoms with Crippen molar-refractivity contribution in [1.82, 2.24) is 4.90 Å². The lowest BCUT2D eigenvalue weighted by Gasteiger charge is -2.38. The van der Waals surface area contributed by atoms with Crippen LogP contribution in [0.5, 0.6) is 0 Å². The Balaban J connectivity index is 1.47. The van der Waals surface area contributed by atoms with Gasteiger partial charge in [0.2, 0.25) is 0 Å². The molecule has 0 spiro atoms. The average Bonchev–Trinajstić information content (AvgIpc) is 2.93. The smallest absolute Gasteiger partial charge is 0.293 e. The van der Waals surface area contributed by atoms with Crippen LogP contribution in [0.15, 0.2) is 42.5 Å². The zero-order valence-corrected chi connectivity index (χ0v) is 16.7. The van der Waals surface area contributed by atoms with Gasteiger partial charge in [0.05, 0.1) is 5.56 Å². The molecule has 5 rings (SSSR count). The molecule has 0 aromatic heterocycles. The lowest BCUT2D eigenvalue weighted by Crippen LogP contribution is -2.39. The SMILES string of the molecule is FC(F)(F)c1ccc(-c2ccc3c(c2)C2CC3CCCN2C2CCCCC2)cc1. The summed E-state index contributed by atoms with van der Waals surface area (Å²) in [5.74, 6) is 0.644. The van der Waals surface area contributed by atoms with Crippen molar-refractivity contribution in [3.8, 4) is 11.1 Å². The zero-order valence-electron chi connectivity index (χ0n) is 16.7. The Morgan fingerprint density at radius 2 is 1.48 bits per heavy atom. The van der Waals surface area contributed by atoms with E-state index in [1.54, 1.807) is 12.1 Å². The maximum atomic E-state index is 12.9. The van der Waals surface area contributed by atoms with Crippen LogP contribution in [-0.4, -0.2) is 17.5 Å². The molecule has 1 nitrogen and oxygen atoms in total. The Morgan fingerprint density at radius 1 is 0.759 bits per heavy atom. The van der Waals surface area contributed by atoms with Crippen LogP contribution in [0.25, 0.3) is 11.1 Å². The zero-order chi connectivity index (χ0) is 20.0. The van der Waals surface area contributed by atoms with Gasteiger partial charge in [-0.1, -0.05) is 43.5 Å². The predicted octanol–water partition coefficient (Wildman–Crippen LogP) is 7.33. The van der Waals surface area contributed by atoms with Gasteiger partial charge in [-0.25, -0.2) is 0 Å². The summed E-state index contributed by atoms with van der Waals surface area (Å²) in [6.07, 6.45) is 6.14. The molecule has 2 unspecified atom stereocenters. The van der Waals surface area contributed by atoms with E-state index in [2.05, 4.69) is 23.1 Å². The predicted molar refractivity (Wildman–Crippen MR) is 110 cm³/mol. The minimum atomic E-state index is -4.29. The molecule has 29 heavy (non-hydrogen) atoms. The van der Waals surface area contributed by atoms with Gasteiger partial charge in [0, 0.05) is 12.1 Å². The topological polar surface area (TPSA) is 3.24 Å². The van der Waals surface area contributed by atoms with E-state index < -0.39 is 11.7 Å². The fraction of sp³-hybridized carbons (Fsp3) is 0.520. The Kier molecular flexibility index (Phi) is 4.93. The van der Waals surface area contributed by atoms with Crippen molar-refractivity contribution in [2.24, 2.45) is 0 Å². The summed E-state index contributed by atoms with van der Waals surface area (Å²) in [7, 11) is 0. The molecule has 1 saturated heterocycles. The number of hydrogen-bond donors (Lipinski definition) is 0. The normalized spacial score (nSPS) is 25.6. The van der Waals surface area contributed by atoms with Gasteiger partial charge in [0.1, 0.15) is 0 Å². The van der Waals surface area contributed by atoms with Gasteiger partial charge in [-0.2, -0.15) is 13.2 Å². The first kappa shape index (κ1) is 19.2. The monoisotopic (exact) mass is 399 g/mol. The van der Waals surface area contributed by atoms with Gasteiger partial charge in [0.25, 0.3) is 0 Å². The third-order valence-electron chi connectivity index (χ3n) is 7.35. The number of benzene rings is 2. The third kappa shape index (κ3) is 3.61. The molecule has 2 aromatic rings. The van der Waals surface area contributed by atoms with E-state index in [4.69, 9.17) is 0 Å². The van der Waals surface area contributed by atoms with Gasteiger partial charge < -0.3 is 0 Å². The highest BCUT2D eigenvalue weighted by atomic mass is 19.4. The molecule has 1 saturated carbocycles. The van der Waals surface area contributed by atoms with E-state index >= 15 is 0 Å². The molecule has 0 radical (unpaired) electrons. The van der Waals surface area contributed by atoms with Crippen molar-refractivity contribution in [2.75, 3.05) is 6.54 Å². The minimum absolute atomic E-state index is 0.481. The first-order valence-corrected chi connectivity index (χ1v) is 11.1. The van der Waals surface area contributed by atoms with Crippen LogP contribution in [0.3, 0.4) is 0 Å². The summed E-state index contributed by atoms with van der Waals surface area (Å²) in [5.41, 5.74) is 4.22. The standard InChI is InChI=1S/C25H28F3N/c26-25(27,28)20-11-8-17(9-12-20)18-10-13-22-19-5-4-14-29(21-6-2-1-3-7-21)24(16-19)23(22)15-18/h8-13,15,19,21,24H,1-7,14,16H2. The van der Waals surface area contributed by atoms with E-state index in [9.17, 15) is 13.2 Å². The summed E-state index contributed by atoms with van der Waals surface area (Å²) in [6.45, 7) is 1.19. The second kappa shape index (κ2) is 7.46. The number of nitrogens with zero attached hydrogens (tertiary/aromatic N) is 1. The van der Waals surface area contributed by atoms with Crippen molar-refractivity contribution >= 4 is 0 Å². The molecule has 2 aromatic carbocycles. The number of halogens is 3. The van der Waals surface area contributed by atoms with Crippen LogP contribution >= 0.6 is 0 Å². The molecule has 4 heteroatoms. The highest BCUT2D eigenvalue weighted by molar-refractivity contribution is 5.66. The fourth-order valence-corrected chi connectivity index (χ4v) is 5.90. The Morgan fingerprint density at radius 3 is 2.21 bits per heavy atom. The van der Waals surface area contributed by atoms with E-state index in [1.165, 1.54) is 81.2 Å². The number of fused-ring (bicyclic) bond motifs is 5. The molecule has 1 aliphatic heterocycles.